The van der Waals surface area contributed by atoms with E-state index in [-0.39, 0.29) is 5.92 Å². The van der Waals surface area contributed by atoms with Gasteiger partial charge in [0.05, 0.1) is 10.7 Å². The SMILES string of the molecule is CC(C)C[C@@H](NC(=O)C1CCN(c2cc(Cl)ccc2Cl)C1=O)C(=O)O. The minimum atomic E-state index is -1.11. The highest BCUT2D eigenvalue weighted by Gasteiger charge is 2.39. The molecule has 6 nitrogen and oxygen atoms in total. The van der Waals surface area contributed by atoms with Crippen LogP contribution in [0.3, 0.4) is 0 Å². The van der Waals surface area contributed by atoms with Crippen molar-refractivity contribution >= 4 is 46.7 Å². The van der Waals surface area contributed by atoms with E-state index in [1.54, 1.807) is 18.2 Å². The lowest BCUT2D eigenvalue weighted by Crippen LogP contribution is -2.46. The molecule has 2 rings (SSSR count). The number of hydrogen-bond acceptors (Lipinski definition) is 3. The fourth-order valence-corrected chi connectivity index (χ4v) is 3.21. The van der Waals surface area contributed by atoms with Gasteiger partial charge < -0.3 is 15.3 Å². The van der Waals surface area contributed by atoms with Crippen molar-refractivity contribution in [3.05, 3.63) is 28.2 Å². The first kappa shape index (κ1) is 19.5. The number of anilines is 1. The average Bonchev–Trinajstić information content (AvgIpc) is 2.90. The Hall–Kier alpha value is -1.79. The lowest BCUT2D eigenvalue weighted by atomic mass is 10.0. The van der Waals surface area contributed by atoms with Crippen LogP contribution in [0.4, 0.5) is 5.69 Å². The van der Waals surface area contributed by atoms with Gasteiger partial charge in [0.15, 0.2) is 0 Å². The average molecular weight is 387 g/mol. The molecule has 2 atom stereocenters. The Bertz CT molecular complexity index is 693. The van der Waals surface area contributed by atoms with E-state index in [4.69, 9.17) is 23.2 Å². The van der Waals surface area contributed by atoms with Gasteiger partial charge in [-0.05, 0) is 37.0 Å². The number of aliphatic carboxylic acids is 1. The maximum atomic E-state index is 12.6. The molecule has 2 N–H and O–H groups in total. The summed E-state index contributed by atoms with van der Waals surface area (Å²) in [6, 6.07) is 3.76. The zero-order chi connectivity index (χ0) is 18.7. The summed E-state index contributed by atoms with van der Waals surface area (Å²) < 4.78 is 0. The molecule has 0 spiro atoms. The van der Waals surface area contributed by atoms with E-state index in [0.717, 1.165) is 0 Å². The number of nitrogens with one attached hydrogen (secondary N) is 1. The van der Waals surface area contributed by atoms with Crippen LogP contribution in [0.1, 0.15) is 26.7 Å². The third kappa shape index (κ3) is 4.64. The molecule has 1 unspecified atom stereocenters. The summed E-state index contributed by atoms with van der Waals surface area (Å²) in [7, 11) is 0. The fourth-order valence-electron chi connectivity index (χ4n) is 2.82. The molecule has 0 bridgehead atoms. The molecule has 0 radical (unpaired) electrons. The maximum Gasteiger partial charge on any atom is 0.326 e. The van der Waals surface area contributed by atoms with Crippen LogP contribution < -0.4 is 10.2 Å². The van der Waals surface area contributed by atoms with E-state index in [1.165, 1.54) is 4.90 Å². The van der Waals surface area contributed by atoms with Gasteiger partial charge in [0.1, 0.15) is 12.0 Å². The lowest BCUT2D eigenvalue weighted by molar-refractivity contribution is -0.144. The van der Waals surface area contributed by atoms with Crippen LogP contribution in [0.25, 0.3) is 0 Å². The quantitative estimate of drug-likeness (QED) is 0.735. The zero-order valence-electron chi connectivity index (χ0n) is 14.0. The number of halogens is 2. The van der Waals surface area contributed by atoms with Gasteiger partial charge in [-0.1, -0.05) is 37.0 Å². The van der Waals surface area contributed by atoms with Gasteiger partial charge in [0, 0.05) is 11.6 Å². The Morgan fingerprint density at radius 3 is 2.64 bits per heavy atom. The normalized spacial score (nSPS) is 18.5. The molecule has 1 saturated heterocycles. The van der Waals surface area contributed by atoms with Gasteiger partial charge >= 0.3 is 5.97 Å². The van der Waals surface area contributed by atoms with Crippen LogP contribution in [-0.2, 0) is 14.4 Å². The standard InChI is InChI=1S/C17H20Cl2N2O4/c1-9(2)7-13(17(24)25)20-15(22)11-5-6-21(16(11)23)14-8-10(18)3-4-12(14)19/h3-4,8-9,11,13H,5-7H2,1-2H3,(H,20,22)(H,24,25)/t11?,13-/m1/s1. The summed E-state index contributed by atoms with van der Waals surface area (Å²) in [5.74, 6) is -2.91. The lowest BCUT2D eigenvalue weighted by Gasteiger charge is -2.20. The second-order valence-corrected chi connectivity index (χ2v) is 7.30. The second kappa shape index (κ2) is 8.06. The van der Waals surface area contributed by atoms with Crippen LogP contribution >= 0.6 is 23.2 Å². The number of carboxylic acid groups (broad SMARTS) is 1. The zero-order valence-corrected chi connectivity index (χ0v) is 15.5. The molecule has 25 heavy (non-hydrogen) atoms. The molecule has 0 aromatic heterocycles. The summed E-state index contributed by atoms with van der Waals surface area (Å²) in [6.45, 7) is 4.05. The molecule has 0 aliphatic carbocycles. The number of carbonyl (C=O) groups is 3. The van der Waals surface area contributed by atoms with Crippen molar-refractivity contribution in [2.75, 3.05) is 11.4 Å². The molecule has 1 aliphatic rings. The van der Waals surface area contributed by atoms with E-state index >= 15 is 0 Å². The highest BCUT2D eigenvalue weighted by atomic mass is 35.5. The van der Waals surface area contributed by atoms with Gasteiger partial charge in [-0.15, -0.1) is 0 Å². The molecule has 1 heterocycles. The number of rotatable bonds is 6. The number of carbonyl (C=O) groups excluding carboxylic acids is 2. The third-order valence-corrected chi connectivity index (χ3v) is 4.60. The molecular weight excluding hydrogens is 367 g/mol. The van der Waals surface area contributed by atoms with Crippen LogP contribution in [0.5, 0.6) is 0 Å². The minimum Gasteiger partial charge on any atom is -0.480 e. The summed E-state index contributed by atoms with van der Waals surface area (Å²) in [5.41, 5.74) is 0.450. The molecular formula is C17H20Cl2N2O4. The van der Waals surface area contributed by atoms with Crippen molar-refractivity contribution in [1.29, 1.82) is 0 Å². The first-order valence-electron chi connectivity index (χ1n) is 8.00. The highest BCUT2D eigenvalue weighted by Crippen LogP contribution is 2.33. The van der Waals surface area contributed by atoms with Crippen molar-refractivity contribution in [1.82, 2.24) is 5.32 Å². The monoisotopic (exact) mass is 386 g/mol. The molecule has 136 valence electrons. The summed E-state index contributed by atoms with van der Waals surface area (Å²) in [5, 5.41) is 12.5. The van der Waals surface area contributed by atoms with Crippen molar-refractivity contribution in [3.8, 4) is 0 Å². The largest absolute Gasteiger partial charge is 0.480 e. The smallest absolute Gasteiger partial charge is 0.326 e. The first-order chi connectivity index (χ1) is 11.7. The Morgan fingerprint density at radius 2 is 2.04 bits per heavy atom. The number of nitrogens with zero attached hydrogens (tertiary/aromatic N) is 1. The Morgan fingerprint density at radius 1 is 1.36 bits per heavy atom. The minimum absolute atomic E-state index is 0.0995. The van der Waals surface area contributed by atoms with E-state index in [1.807, 2.05) is 13.8 Å². The van der Waals surface area contributed by atoms with Crippen molar-refractivity contribution < 1.29 is 19.5 Å². The van der Waals surface area contributed by atoms with E-state index in [9.17, 15) is 19.5 Å². The summed E-state index contributed by atoms with van der Waals surface area (Å²) >= 11 is 12.1. The second-order valence-electron chi connectivity index (χ2n) is 6.46. The predicted molar refractivity (Wildman–Crippen MR) is 95.9 cm³/mol. The molecule has 8 heteroatoms. The van der Waals surface area contributed by atoms with E-state index < -0.39 is 29.7 Å². The van der Waals surface area contributed by atoms with Gasteiger partial charge in [0.25, 0.3) is 0 Å². The van der Waals surface area contributed by atoms with Crippen molar-refractivity contribution in [2.24, 2.45) is 11.8 Å². The third-order valence-electron chi connectivity index (χ3n) is 4.04. The van der Waals surface area contributed by atoms with Gasteiger partial charge in [-0.3, -0.25) is 9.59 Å². The molecule has 1 fully saturated rings. The molecule has 0 saturated carbocycles. The maximum absolute atomic E-state index is 12.6. The molecule has 1 aromatic rings. The fraction of sp³-hybridized carbons (Fsp3) is 0.471. The number of hydrogen-bond donors (Lipinski definition) is 2. The van der Waals surface area contributed by atoms with Crippen LogP contribution in [0, 0.1) is 11.8 Å². The number of carboxylic acids is 1. The number of amides is 2. The first-order valence-corrected chi connectivity index (χ1v) is 8.76. The van der Waals surface area contributed by atoms with Crippen molar-refractivity contribution in [3.63, 3.8) is 0 Å². The molecule has 1 aliphatic heterocycles. The van der Waals surface area contributed by atoms with Crippen LogP contribution in [0.2, 0.25) is 10.0 Å². The number of benzene rings is 1. The van der Waals surface area contributed by atoms with Gasteiger partial charge in [-0.2, -0.15) is 0 Å². The van der Waals surface area contributed by atoms with Crippen molar-refractivity contribution in [2.45, 2.75) is 32.7 Å². The molecule has 1 aromatic carbocycles. The predicted octanol–water partition coefficient (Wildman–Crippen LogP) is 2.96. The summed E-state index contributed by atoms with van der Waals surface area (Å²) in [4.78, 5) is 37.7. The van der Waals surface area contributed by atoms with Gasteiger partial charge in [0.2, 0.25) is 11.8 Å². The Labute approximate surface area is 156 Å². The van der Waals surface area contributed by atoms with Gasteiger partial charge in [-0.25, -0.2) is 4.79 Å². The Balaban J connectivity index is 2.11. The van der Waals surface area contributed by atoms with E-state index in [2.05, 4.69) is 5.32 Å². The van der Waals surface area contributed by atoms with Crippen LogP contribution in [0.15, 0.2) is 18.2 Å². The molecule has 2 amide bonds. The summed E-state index contributed by atoms with van der Waals surface area (Å²) in [6.07, 6.45) is 0.591. The Kier molecular flexibility index (Phi) is 6.30. The van der Waals surface area contributed by atoms with E-state index in [0.29, 0.717) is 35.1 Å². The highest BCUT2D eigenvalue weighted by molar-refractivity contribution is 6.36. The topological polar surface area (TPSA) is 86.7 Å². The van der Waals surface area contributed by atoms with Crippen LogP contribution in [-0.4, -0.2) is 35.5 Å².